The van der Waals surface area contributed by atoms with E-state index in [0.717, 1.165) is 85.5 Å². The van der Waals surface area contributed by atoms with E-state index in [1.54, 1.807) is 0 Å². The molecule has 0 radical (unpaired) electrons. The predicted molar refractivity (Wildman–Crippen MR) is 266 cm³/mol. The summed E-state index contributed by atoms with van der Waals surface area (Å²) in [4.78, 5) is 16.3. The first-order chi connectivity index (χ1) is 33.8. The number of halogens is 6. The highest BCUT2D eigenvalue weighted by Gasteiger charge is 2.32. The SMILES string of the molecule is CCCCCCCCOc1ccc(-c2[nH]/c(=C(/C#N)c3nc4ccc(C(F)(F)F)cc4s3)c3c(-c4ccc(OCCCCCCCC)cc4)[nH]/c(=C(/C#N)c4nc5ccc(C(F)(F)F)cc5s4)c23)cc1. The summed E-state index contributed by atoms with van der Waals surface area (Å²) in [5.74, 6) is 1.28. The number of benzene rings is 4. The molecule has 4 aromatic heterocycles. The molecule has 8 nitrogen and oxygen atoms in total. The standard InChI is InChI=1S/C54H50F6N6O2S2/c1-3-5-7-9-11-13-27-67-37-21-15-33(16-22-37)47-45-46(50(65-47)40(32-62)52-64-42-26-20-36(54(58,59)60)30-44(42)70-52)48(34-17-23-38(24-18-34)68-28-14-12-10-8-6-4-2)66-49(45)39(31-61)51-63-41-25-19-35(53(55,56)57)29-43(41)69-51/h15-26,29-30,65-66H,3-14,27-28H2,1-2H3/b49-39-,50-40-. The molecule has 4 heterocycles. The van der Waals surface area contributed by atoms with Crippen LogP contribution in [-0.4, -0.2) is 33.1 Å². The second-order valence-corrected chi connectivity index (χ2v) is 19.2. The lowest BCUT2D eigenvalue weighted by atomic mass is 10.0. The Morgan fingerprint density at radius 1 is 0.529 bits per heavy atom. The minimum atomic E-state index is -4.60. The number of aromatic amines is 2. The molecule has 0 amide bonds. The molecule has 0 fully saturated rings. The first-order valence-corrected chi connectivity index (χ1v) is 25.2. The number of nitriles is 2. The van der Waals surface area contributed by atoms with Gasteiger partial charge in [-0.15, -0.1) is 22.7 Å². The molecule has 2 N–H and O–H groups in total. The van der Waals surface area contributed by atoms with Crippen molar-refractivity contribution >= 4 is 65.0 Å². The van der Waals surface area contributed by atoms with E-state index in [9.17, 15) is 36.9 Å². The van der Waals surface area contributed by atoms with E-state index in [1.807, 2.05) is 48.5 Å². The number of unbranched alkanes of at least 4 members (excludes halogenated alkanes) is 10. The van der Waals surface area contributed by atoms with Gasteiger partial charge in [0.15, 0.2) is 0 Å². The molecule has 0 saturated heterocycles. The van der Waals surface area contributed by atoms with Crippen LogP contribution in [0.1, 0.15) is 112 Å². The summed E-state index contributed by atoms with van der Waals surface area (Å²) >= 11 is 1.89. The highest BCUT2D eigenvalue weighted by atomic mass is 32.1. The fourth-order valence-corrected chi connectivity index (χ4v) is 10.5. The molecular formula is C54H50F6N6O2S2. The van der Waals surface area contributed by atoms with Gasteiger partial charge in [0.05, 0.1) is 66.9 Å². The first kappa shape index (κ1) is 49.8. The third kappa shape index (κ3) is 11.2. The number of thiazole rings is 2. The van der Waals surface area contributed by atoms with Gasteiger partial charge in [0, 0.05) is 10.8 Å². The summed E-state index contributed by atoms with van der Waals surface area (Å²) in [6, 6.07) is 25.8. The molecular weight excluding hydrogens is 943 g/mol. The Bertz CT molecular complexity index is 3090. The fourth-order valence-electron chi connectivity index (χ4n) is 8.48. The number of ether oxygens (including phenoxy) is 2. The Morgan fingerprint density at radius 3 is 1.26 bits per heavy atom. The maximum Gasteiger partial charge on any atom is 0.416 e. The second-order valence-electron chi connectivity index (χ2n) is 17.2. The number of nitrogens with zero attached hydrogens (tertiary/aromatic N) is 4. The summed E-state index contributed by atoms with van der Waals surface area (Å²) in [6.07, 6.45) is 4.11. The molecule has 0 aliphatic rings. The summed E-state index contributed by atoms with van der Waals surface area (Å²) in [5.41, 5.74) is 1.16. The van der Waals surface area contributed by atoms with Gasteiger partial charge in [-0.05, 0) is 109 Å². The van der Waals surface area contributed by atoms with Crippen LogP contribution >= 0.6 is 22.7 Å². The number of fused-ring (bicyclic) bond motifs is 3. The van der Waals surface area contributed by atoms with Crippen molar-refractivity contribution in [3.8, 4) is 46.2 Å². The summed E-state index contributed by atoms with van der Waals surface area (Å²) < 4.78 is 95.7. The van der Waals surface area contributed by atoms with Gasteiger partial charge in [0.25, 0.3) is 0 Å². The van der Waals surface area contributed by atoms with Crippen LogP contribution in [0.2, 0.25) is 0 Å². The molecule has 0 unspecified atom stereocenters. The van der Waals surface area contributed by atoms with Crippen molar-refractivity contribution in [3.63, 3.8) is 0 Å². The van der Waals surface area contributed by atoms with Crippen molar-refractivity contribution in [3.05, 3.63) is 117 Å². The van der Waals surface area contributed by atoms with Gasteiger partial charge in [-0.3, -0.25) is 0 Å². The van der Waals surface area contributed by atoms with Crippen LogP contribution in [0.5, 0.6) is 11.5 Å². The molecule has 70 heavy (non-hydrogen) atoms. The zero-order valence-corrected chi connectivity index (χ0v) is 40.3. The largest absolute Gasteiger partial charge is 0.494 e. The van der Waals surface area contributed by atoms with Gasteiger partial charge in [-0.1, -0.05) is 78.1 Å². The lowest BCUT2D eigenvalue weighted by Crippen LogP contribution is -2.10. The average Bonchev–Trinajstić information content (AvgIpc) is 4.14. The molecule has 0 saturated carbocycles. The van der Waals surface area contributed by atoms with Crippen molar-refractivity contribution < 1.29 is 35.8 Å². The number of rotatable bonds is 20. The lowest BCUT2D eigenvalue weighted by molar-refractivity contribution is -0.138. The Labute approximate surface area is 408 Å². The molecule has 8 aromatic rings. The summed E-state index contributed by atoms with van der Waals surface area (Å²) in [6.45, 7) is 5.43. The van der Waals surface area contributed by atoms with Gasteiger partial charge in [-0.2, -0.15) is 36.9 Å². The van der Waals surface area contributed by atoms with E-state index in [0.29, 0.717) is 58.0 Å². The van der Waals surface area contributed by atoms with Crippen molar-refractivity contribution in [1.82, 2.24) is 19.9 Å². The molecule has 0 aliphatic carbocycles. The maximum atomic E-state index is 13.8. The fraction of sp³-hybridized carbons (Fsp3) is 0.333. The quantitative estimate of drug-likeness (QED) is 0.0579. The van der Waals surface area contributed by atoms with Crippen molar-refractivity contribution in [2.75, 3.05) is 13.2 Å². The number of aromatic nitrogens is 4. The minimum Gasteiger partial charge on any atom is -0.494 e. The number of hydrogen-bond donors (Lipinski definition) is 2. The van der Waals surface area contributed by atoms with Crippen molar-refractivity contribution in [2.45, 2.75) is 103 Å². The maximum absolute atomic E-state index is 13.8. The van der Waals surface area contributed by atoms with Gasteiger partial charge < -0.3 is 19.4 Å². The Morgan fingerprint density at radius 2 is 0.900 bits per heavy atom. The molecule has 8 rings (SSSR count). The molecule has 0 spiro atoms. The van der Waals surface area contributed by atoms with Crippen LogP contribution in [0.15, 0.2) is 84.9 Å². The second kappa shape index (κ2) is 22.0. The molecule has 362 valence electrons. The third-order valence-electron chi connectivity index (χ3n) is 12.2. The van der Waals surface area contributed by atoms with E-state index in [-0.39, 0.29) is 52.3 Å². The number of hydrogen-bond acceptors (Lipinski definition) is 8. The van der Waals surface area contributed by atoms with Crippen LogP contribution in [0, 0.1) is 22.7 Å². The summed E-state index contributed by atoms with van der Waals surface area (Å²) in [7, 11) is 0. The highest BCUT2D eigenvalue weighted by Crippen LogP contribution is 2.38. The Balaban J connectivity index is 1.33. The zero-order valence-electron chi connectivity index (χ0n) is 38.7. The third-order valence-corrected chi connectivity index (χ3v) is 14.2. The zero-order chi connectivity index (χ0) is 49.4. The van der Waals surface area contributed by atoms with Gasteiger partial charge in [0.2, 0.25) is 0 Å². The summed E-state index contributed by atoms with van der Waals surface area (Å²) in [5, 5.41) is 23.9. The van der Waals surface area contributed by atoms with Crippen molar-refractivity contribution in [1.29, 1.82) is 10.5 Å². The lowest BCUT2D eigenvalue weighted by Gasteiger charge is -2.07. The van der Waals surface area contributed by atoms with Crippen LogP contribution in [0.25, 0.3) is 64.9 Å². The molecule has 16 heteroatoms. The van der Waals surface area contributed by atoms with Crippen LogP contribution in [-0.2, 0) is 12.4 Å². The van der Waals surface area contributed by atoms with Gasteiger partial charge in [0.1, 0.15) is 44.8 Å². The molecule has 0 aliphatic heterocycles. The average molecular weight is 993 g/mol. The number of alkyl halides is 6. The molecule has 0 bridgehead atoms. The molecule has 4 aromatic carbocycles. The predicted octanol–water partition coefficient (Wildman–Crippen LogP) is 15.0. The van der Waals surface area contributed by atoms with Crippen LogP contribution in [0.4, 0.5) is 26.3 Å². The smallest absolute Gasteiger partial charge is 0.416 e. The van der Waals surface area contributed by atoms with Gasteiger partial charge in [-0.25, -0.2) is 9.97 Å². The van der Waals surface area contributed by atoms with E-state index in [1.165, 1.54) is 50.7 Å². The van der Waals surface area contributed by atoms with E-state index in [2.05, 4.69) is 45.9 Å². The molecule has 0 atom stereocenters. The highest BCUT2D eigenvalue weighted by molar-refractivity contribution is 7.20. The van der Waals surface area contributed by atoms with E-state index < -0.39 is 23.5 Å². The first-order valence-electron chi connectivity index (χ1n) is 23.6. The van der Waals surface area contributed by atoms with Crippen LogP contribution in [0.3, 0.4) is 0 Å². The Kier molecular flexibility index (Phi) is 15.6. The van der Waals surface area contributed by atoms with Crippen LogP contribution < -0.4 is 20.2 Å². The number of H-pyrrole nitrogens is 2. The van der Waals surface area contributed by atoms with E-state index >= 15 is 0 Å². The minimum absolute atomic E-state index is 0.0359. The van der Waals surface area contributed by atoms with E-state index in [4.69, 9.17) is 9.47 Å². The van der Waals surface area contributed by atoms with Gasteiger partial charge >= 0.3 is 12.4 Å². The monoisotopic (exact) mass is 992 g/mol. The number of nitrogens with one attached hydrogen (secondary N) is 2. The normalized spacial score (nSPS) is 12.9. The topological polar surface area (TPSA) is 123 Å². The van der Waals surface area contributed by atoms with Crippen molar-refractivity contribution in [2.24, 2.45) is 0 Å². The Hall–Kier alpha value is -6.62.